The summed E-state index contributed by atoms with van der Waals surface area (Å²) in [5, 5.41) is 5.66. The van der Waals surface area contributed by atoms with Crippen molar-refractivity contribution < 1.29 is 18.7 Å². The van der Waals surface area contributed by atoms with Gasteiger partial charge < -0.3 is 20.1 Å². The molecule has 0 aliphatic carbocycles. The van der Waals surface area contributed by atoms with E-state index >= 15 is 0 Å². The summed E-state index contributed by atoms with van der Waals surface area (Å²) >= 11 is 0. The molecule has 2 rings (SSSR count). The number of ether oxygens (including phenoxy) is 2. The van der Waals surface area contributed by atoms with Crippen LogP contribution in [0.15, 0.2) is 42.5 Å². The number of carbonyl (C=O) groups is 1. The van der Waals surface area contributed by atoms with E-state index in [9.17, 15) is 9.18 Å². The predicted octanol–water partition coefficient (Wildman–Crippen LogP) is 2.96. The number of methoxy groups -OCH3 is 2. The Labute approximate surface area is 140 Å². The molecule has 1 atom stereocenters. The Bertz CT molecular complexity index is 706. The van der Waals surface area contributed by atoms with Gasteiger partial charge in [0, 0.05) is 6.54 Å². The number of hydrogen-bond donors (Lipinski definition) is 2. The van der Waals surface area contributed by atoms with Gasteiger partial charge in [0.05, 0.1) is 25.9 Å². The Balaban J connectivity index is 1.94. The van der Waals surface area contributed by atoms with Crippen molar-refractivity contribution in [1.82, 2.24) is 5.32 Å². The normalized spacial score (nSPS) is 11.7. The van der Waals surface area contributed by atoms with Crippen LogP contribution in [0.3, 0.4) is 0 Å². The molecule has 2 aromatic rings. The third-order valence-corrected chi connectivity index (χ3v) is 3.59. The number of hydrogen-bond acceptors (Lipinski definition) is 4. The Morgan fingerprint density at radius 2 is 1.83 bits per heavy atom. The van der Waals surface area contributed by atoms with Crippen molar-refractivity contribution in [3.63, 3.8) is 0 Å². The first kappa shape index (κ1) is 17.7. The molecule has 0 radical (unpaired) electrons. The molecule has 0 saturated heterocycles. The standard InChI is InChI=1S/C18H21FN2O3/c1-12(18(22)21-15-7-5-4-6-14(15)19)20-11-13-8-9-16(23-2)17(10-13)24-3/h4-10,12,20H,11H2,1-3H3,(H,21,22)/t12-/m0/s1. The van der Waals surface area contributed by atoms with Crippen LogP contribution in [0.1, 0.15) is 12.5 Å². The van der Waals surface area contributed by atoms with E-state index in [-0.39, 0.29) is 11.6 Å². The number of nitrogens with one attached hydrogen (secondary N) is 2. The first-order valence-corrected chi connectivity index (χ1v) is 7.55. The van der Waals surface area contributed by atoms with E-state index in [4.69, 9.17) is 9.47 Å². The zero-order chi connectivity index (χ0) is 17.5. The molecule has 2 N–H and O–H groups in total. The fourth-order valence-corrected chi connectivity index (χ4v) is 2.16. The minimum atomic E-state index is -0.488. The molecule has 128 valence electrons. The first-order valence-electron chi connectivity index (χ1n) is 7.55. The molecule has 0 heterocycles. The first-order chi connectivity index (χ1) is 11.5. The van der Waals surface area contributed by atoms with Crippen LogP contribution in [-0.4, -0.2) is 26.2 Å². The lowest BCUT2D eigenvalue weighted by atomic mass is 10.2. The number of benzene rings is 2. The summed E-state index contributed by atoms with van der Waals surface area (Å²) in [6.45, 7) is 2.18. The van der Waals surface area contributed by atoms with Gasteiger partial charge in [0.2, 0.25) is 5.91 Å². The molecule has 0 aliphatic rings. The highest BCUT2D eigenvalue weighted by molar-refractivity contribution is 5.94. The second-order valence-corrected chi connectivity index (χ2v) is 5.26. The average Bonchev–Trinajstić information content (AvgIpc) is 2.61. The van der Waals surface area contributed by atoms with Gasteiger partial charge >= 0.3 is 0 Å². The van der Waals surface area contributed by atoms with E-state index in [0.29, 0.717) is 18.0 Å². The minimum Gasteiger partial charge on any atom is -0.493 e. The van der Waals surface area contributed by atoms with Crippen molar-refractivity contribution in [3.8, 4) is 11.5 Å². The van der Waals surface area contributed by atoms with Crippen LogP contribution in [0.2, 0.25) is 0 Å². The summed E-state index contributed by atoms with van der Waals surface area (Å²) < 4.78 is 24.0. The van der Waals surface area contributed by atoms with E-state index in [2.05, 4.69) is 10.6 Å². The summed E-state index contributed by atoms with van der Waals surface area (Å²) in [5.74, 6) is 0.505. The number of anilines is 1. The highest BCUT2D eigenvalue weighted by atomic mass is 19.1. The summed E-state index contributed by atoms with van der Waals surface area (Å²) in [6.07, 6.45) is 0. The van der Waals surface area contributed by atoms with Crippen LogP contribution in [0.25, 0.3) is 0 Å². The number of halogens is 1. The van der Waals surface area contributed by atoms with E-state index in [1.165, 1.54) is 12.1 Å². The van der Waals surface area contributed by atoms with E-state index in [0.717, 1.165) is 5.56 Å². The largest absolute Gasteiger partial charge is 0.493 e. The van der Waals surface area contributed by atoms with Gasteiger partial charge in [-0.1, -0.05) is 18.2 Å². The fraction of sp³-hybridized carbons (Fsp3) is 0.278. The average molecular weight is 332 g/mol. The Hall–Kier alpha value is -2.60. The molecular formula is C18H21FN2O3. The number of carbonyl (C=O) groups excluding carboxylic acids is 1. The highest BCUT2D eigenvalue weighted by Gasteiger charge is 2.14. The molecule has 24 heavy (non-hydrogen) atoms. The maximum Gasteiger partial charge on any atom is 0.241 e. The molecule has 0 aromatic heterocycles. The number of para-hydroxylation sites is 1. The Kier molecular flexibility index (Phi) is 6.14. The van der Waals surface area contributed by atoms with Crippen molar-refractivity contribution in [2.75, 3.05) is 19.5 Å². The van der Waals surface area contributed by atoms with Gasteiger partial charge in [0.1, 0.15) is 5.82 Å². The summed E-state index contributed by atoms with van der Waals surface area (Å²) in [4.78, 5) is 12.1. The lowest BCUT2D eigenvalue weighted by molar-refractivity contribution is -0.117. The number of rotatable bonds is 7. The van der Waals surface area contributed by atoms with Crippen LogP contribution in [0.4, 0.5) is 10.1 Å². The monoisotopic (exact) mass is 332 g/mol. The molecule has 0 bridgehead atoms. The van der Waals surface area contributed by atoms with Crippen LogP contribution in [0, 0.1) is 5.82 Å². The van der Waals surface area contributed by atoms with Crippen LogP contribution < -0.4 is 20.1 Å². The van der Waals surface area contributed by atoms with Gasteiger partial charge in [-0.2, -0.15) is 0 Å². The van der Waals surface area contributed by atoms with Crippen LogP contribution in [0.5, 0.6) is 11.5 Å². The number of amides is 1. The lowest BCUT2D eigenvalue weighted by Gasteiger charge is -2.15. The molecule has 0 saturated carbocycles. The van der Waals surface area contributed by atoms with Gasteiger partial charge in [-0.05, 0) is 36.8 Å². The van der Waals surface area contributed by atoms with Crippen LogP contribution in [-0.2, 0) is 11.3 Å². The van der Waals surface area contributed by atoms with E-state index < -0.39 is 11.9 Å². The maximum absolute atomic E-state index is 13.6. The van der Waals surface area contributed by atoms with Gasteiger partial charge in [-0.3, -0.25) is 4.79 Å². The molecular weight excluding hydrogens is 311 g/mol. The van der Waals surface area contributed by atoms with E-state index in [1.807, 2.05) is 12.1 Å². The van der Waals surface area contributed by atoms with Crippen LogP contribution >= 0.6 is 0 Å². The lowest BCUT2D eigenvalue weighted by Crippen LogP contribution is -2.37. The van der Waals surface area contributed by atoms with Crippen molar-refractivity contribution in [2.45, 2.75) is 19.5 Å². The van der Waals surface area contributed by atoms with Gasteiger partial charge in [0.15, 0.2) is 11.5 Å². The molecule has 2 aromatic carbocycles. The van der Waals surface area contributed by atoms with Crippen molar-refractivity contribution in [2.24, 2.45) is 0 Å². The summed E-state index contributed by atoms with van der Waals surface area (Å²) in [6, 6.07) is 11.1. The molecule has 5 nitrogen and oxygen atoms in total. The smallest absolute Gasteiger partial charge is 0.241 e. The molecule has 0 unspecified atom stereocenters. The Morgan fingerprint density at radius 3 is 2.50 bits per heavy atom. The molecule has 0 spiro atoms. The zero-order valence-corrected chi connectivity index (χ0v) is 13.9. The molecule has 0 fully saturated rings. The minimum absolute atomic E-state index is 0.169. The second-order valence-electron chi connectivity index (χ2n) is 5.26. The summed E-state index contributed by atoms with van der Waals surface area (Å²) in [5.41, 5.74) is 1.11. The van der Waals surface area contributed by atoms with Gasteiger partial charge in [-0.15, -0.1) is 0 Å². The van der Waals surface area contributed by atoms with Gasteiger partial charge in [0.25, 0.3) is 0 Å². The fourth-order valence-electron chi connectivity index (χ4n) is 2.16. The van der Waals surface area contributed by atoms with Gasteiger partial charge in [-0.25, -0.2) is 4.39 Å². The third kappa shape index (κ3) is 4.45. The maximum atomic E-state index is 13.6. The molecule has 0 aliphatic heterocycles. The topological polar surface area (TPSA) is 59.6 Å². The van der Waals surface area contributed by atoms with Crippen molar-refractivity contribution in [1.29, 1.82) is 0 Å². The second kappa shape index (κ2) is 8.31. The zero-order valence-electron chi connectivity index (χ0n) is 13.9. The highest BCUT2D eigenvalue weighted by Crippen LogP contribution is 2.27. The van der Waals surface area contributed by atoms with Crippen molar-refractivity contribution in [3.05, 3.63) is 53.8 Å². The quantitative estimate of drug-likeness (QED) is 0.818. The van der Waals surface area contributed by atoms with Crippen molar-refractivity contribution >= 4 is 11.6 Å². The SMILES string of the molecule is COc1ccc(CN[C@@H](C)C(=O)Nc2ccccc2F)cc1OC. The molecule has 1 amide bonds. The third-order valence-electron chi connectivity index (χ3n) is 3.59. The predicted molar refractivity (Wildman–Crippen MR) is 90.9 cm³/mol. The molecule has 6 heteroatoms. The summed E-state index contributed by atoms with van der Waals surface area (Å²) in [7, 11) is 3.14. The Morgan fingerprint density at radius 1 is 1.12 bits per heavy atom. The van der Waals surface area contributed by atoms with E-state index in [1.54, 1.807) is 39.3 Å².